The molecule has 1 aromatic heterocycles. The summed E-state index contributed by atoms with van der Waals surface area (Å²) in [5.41, 5.74) is 7.29. The third-order valence-electron chi connectivity index (χ3n) is 5.31. The predicted octanol–water partition coefficient (Wildman–Crippen LogP) is 2.68. The standard InChI is InChI=1S/C22H26N6O2S/c1-31-19-7-4-17(5-8-19)28-21(23)25-22(26-28)24-20-9-6-18(14-16(20)15-29)30-13-12-27-10-2-3-11-27/h4-9,14,20H,2-3,10-13H2,1H3,(H3,23,24,25,26). The highest BCUT2D eigenvalue weighted by molar-refractivity contribution is 7.98. The summed E-state index contributed by atoms with van der Waals surface area (Å²) < 4.78 is 7.38. The number of rotatable bonds is 8. The average Bonchev–Trinajstić information content (AvgIpc) is 3.44. The molecular formula is C22H26N6O2S. The van der Waals surface area contributed by atoms with E-state index < -0.39 is 6.04 Å². The lowest BCUT2D eigenvalue weighted by molar-refractivity contribution is 0.179. The Balaban J connectivity index is 1.38. The number of thioether (sulfide) groups is 1. The van der Waals surface area contributed by atoms with Crippen molar-refractivity contribution < 1.29 is 9.53 Å². The normalized spacial score (nSPS) is 18.7. The minimum Gasteiger partial charge on any atom is -0.492 e. The molecule has 0 bridgehead atoms. The fourth-order valence-corrected chi connectivity index (χ4v) is 4.04. The van der Waals surface area contributed by atoms with Crippen LogP contribution in [0.25, 0.3) is 5.69 Å². The number of nitrogen functional groups attached to an aromatic ring is 1. The molecule has 0 spiro atoms. The Hall–Kier alpha value is -3.00. The van der Waals surface area contributed by atoms with Gasteiger partial charge in [-0.1, -0.05) is 6.08 Å². The summed E-state index contributed by atoms with van der Waals surface area (Å²) in [4.78, 5) is 19.3. The van der Waals surface area contributed by atoms with Crippen molar-refractivity contribution in [3.05, 3.63) is 53.8 Å². The molecule has 0 saturated carbocycles. The van der Waals surface area contributed by atoms with Gasteiger partial charge in [-0.2, -0.15) is 9.67 Å². The van der Waals surface area contributed by atoms with Gasteiger partial charge >= 0.3 is 0 Å². The summed E-state index contributed by atoms with van der Waals surface area (Å²) >= 11 is 1.67. The summed E-state index contributed by atoms with van der Waals surface area (Å²) in [5.74, 6) is 3.24. The molecule has 3 N–H and O–H groups in total. The van der Waals surface area contributed by atoms with Gasteiger partial charge in [-0.05, 0) is 68.6 Å². The van der Waals surface area contributed by atoms with Gasteiger partial charge in [0.25, 0.3) is 0 Å². The van der Waals surface area contributed by atoms with E-state index in [2.05, 4.69) is 20.3 Å². The van der Waals surface area contributed by atoms with Crippen LogP contribution in [0.15, 0.2) is 58.7 Å². The van der Waals surface area contributed by atoms with Crippen LogP contribution in [0, 0.1) is 0 Å². The van der Waals surface area contributed by atoms with Crippen LogP contribution >= 0.6 is 11.8 Å². The third-order valence-corrected chi connectivity index (χ3v) is 6.06. The van der Waals surface area contributed by atoms with Gasteiger partial charge in [-0.3, -0.25) is 4.90 Å². The Kier molecular flexibility index (Phi) is 6.76. The molecule has 8 nitrogen and oxygen atoms in total. The molecule has 1 saturated heterocycles. The van der Waals surface area contributed by atoms with Crippen LogP contribution in [0.3, 0.4) is 0 Å². The number of anilines is 2. The molecule has 9 heteroatoms. The lowest BCUT2D eigenvalue weighted by Crippen LogP contribution is -2.25. The number of hydrogen-bond acceptors (Lipinski definition) is 8. The zero-order valence-electron chi connectivity index (χ0n) is 17.5. The van der Waals surface area contributed by atoms with Gasteiger partial charge < -0.3 is 15.8 Å². The summed E-state index contributed by atoms with van der Waals surface area (Å²) in [7, 11) is 0. The van der Waals surface area contributed by atoms with Crippen molar-refractivity contribution in [1.82, 2.24) is 19.7 Å². The second-order valence-corrected chi connectivity index (χ2v) is 8.27. The van der Waals surface area contributed by atoms with Crippen LogP contribution in [0.2, 0.25) is 0 Å². The van der Waals surface area contributed by atoms with Gasteiger partial charge in [0.2, 0.25) is 11.9 Å². The van der Waals surface area contributed by atoms with Crippen molar-refractivity contribution >= 4 is 29.6 Å². The first-order chi connectivity index (χ1) is 15.2. The Labute approximate surface area is 185 Å². The largest absolute Gasteiger partial charge is 0.492 e. The molecule has 1 aromatic carbocycles. The second-order valence-electron chi connectivity index (χ2n) is 7.39. The first-order valence-electron chi connectivity index (χ1n) is 10.3. The van der Waals surface area contributed by atoms with Crippen LogP contribution in [0.4, 0.5) is 11.9 Å². The van der Waals surface area contributed by atoms with Crippen molar-refractivity contribution in [2.45, 2.75) is 23.8 Å². The second kappa shape index (κ2) is 9.87. The average molecular weight is 439 g/mol. The van der Waals surface area contributed by atoms with Crippen molar-refractivity contribution in [2.24, 2.45) is 0 Å². The highest BCUT2D eigenvalue weighted by atomic mass is 32.2. The van der Waals surface area contributed by atoms with Crippen molar-refractivity contribution in [3.8, 4) is 5.69 Å². The summed E-state index contributed by atoms with van der Waals surface area (Å²) in [6, 6.07) is 7.47. The molecule has 0 radical (unpaired) electrons. The van der Waals surface area contributed by atoms with Crippen LogP contribution in [0.1, 0.15) is 12.8 Å². The highest BCUT2D eigenvalue weighted by Gasteiger charge is 2.19. The Morgan fingerprint density at radius 1 is 1.29 bits per heavy atom. The van der Waals surface area contributed by atoms with E-state index in [4.69, 9.17) is 10.5 Å². The van der Waals surface area contributed by atoms with E-state index in [9.17, 15) is 4.79 Å². The SMILES string of the molecule is CSc1ccc(-n2nc(NC3C=CC(OCCN4CCCC4)=CC3=C=O)nc2N)cc1. The molecule has 162 valence electrons. The van der Waals surface area contributed by atoms with E-state index in [0.717, 1.165) is 30.2 Å². The highest BCUT2D eigenvalue weighted by Crippen LogP contribution is 2.22. The number of nitrogens with one attached hydrogen (secondary N) is 1. The van der Waals surface area contributed by atoms with E-state index in [1.807, 2.05) is 48.6 Å². The fourth-order valence-electron chi connectivity index (χ4n) is 3.63. The molecular weight excluding hydrogens is 412 g/mol. The Bertz CT molecular complexity index is 1020. The summed E-state index contributed by atoms with van der Waals surface area (Å²) in [6.45, 7) is 3.76. The molecule has 1 unspecified atom stereocenters. The number of likely N-dealkylation sites (tertiary alicyclic amines) is 1. The molecule has 1 aliphatic heterocycles. The van der Waals surface area contributed by atoms with Crippen LogP contribution < -0.4 is 11.1 Å². The lowest BCUT2D eigenvalue weighted by Gasteiger charge is -2.19. The van der Waals surface area contributed by atoms with Crippen molar-refractivity contribution in [2.75, 3.05) is 43.5 Å². The maximum atomic E-state index is 11.5. The molecule has 4 rings (SSSR count). The van der Waals surface area contributed by atoms with Gasteiger partial charge in [0.05, 0.1) is 17.3 Å². The zero-order valence-corrected chi connectivity index (χ0v) is 18.3. The van der Waals surface area contributed by atoms with E-state index in [1.165, 1.54) is 12.8 Å². The number of nitrogens with two attached hydrogens (primary N) is 1. The van der Waals surface area contributed by atoms with Crippen LogP contribution in [0.5, 0.6) is 0 Å². The molecule has 2 aromatic rings. The number of aromatic nitrogens is 3. The van der Waals surface area contributed by atoms with E-state index in [0.29, 0.717) is 23.9 Å². The number of nitrogens with zero attached hydrogens (tertiary/aromatic N) is 4. The molecule has 1 aliphatic carbocycles. The maximum Gasteiger partial charge on any atom is 0.245 e. The number of hydrogen-bond donors (Lipinski definition) is 2. The van der Waals surface area contributed by atoms with Crippen LogP contribution in [-0.2, 0) is 9.53 Å². The van der Waals surface area contributed by atoms with E-state index in [-0.39, 0.29) is 5.95 Å². The quantitative estimate of drug-likeness (QED) is 0.480. The van der Waals surface area contributed by atoms with Crippen molar-refractivity contribution in [1.29, 1.82) is 0 Å². The van der Waals surface area contributed by atoms with Gasteiger partial charge in [0.1, 0.15) is 18.3 Å². The first-order valence-corrected chi connectivity index (χ1v) is 11.5. The maximum absolute atomic E-state index is 11.5. The molecule has 2 aliphatic rings. The summed E-state index contributed by atoms with van der Waals surface area (Å²) in [5, 5.41) is 7.57. The third kappa shape index (κ3) is 5.19. The molecule has 31 heavy (non-hydrogen) atoms. The molecule has 1 fully saturated rings. The zero-order chi connectivity index (χ0) is 21.6. The summed E-state index contributed by atoms with van der Waals surface area (Å²) in [6.07, 6.45) is 9.93. The fraction of sp³-hybridized carbons (Fsp3) is 0.364. The van der Waals surface area contributed by atoms with Gasteiger partial charge in [-0.25, -0.2) is 4.79 Å². The molecule has 0 amide bonds. The monoisotopic (exact) mass is 438 g/mol. The van der Waals surface area contributed by atoms with Crippen molar-refractivity contribution in [3.63, 3.8) is 0 Å². The van der Waals surface area contributed by atoms with Gasteiger partial charge in [0, 0.05) is 11.4 Å². The first kappa shape index (κ1) is 21.2. The van der Waals surface area contributed by atoms with Gasteiger partial charge in [-0.15, -0.1) is 16.9 Å². The topological polar surface area (TPSA) is 98.3 Å². The van der Waals surface area contributed by atoms with E-state index >= 15 is 0 Å². The molecule has 1 atom stereocenters. The lowest BCUT2D eigenvalue weighted by atomic mass is 10.0. The van der Waals surface area contributed by atoms with Crippen LogP contribution in [-0.4, -0.2) is 64.1 Å². The van der Waals surface area contributed by atoms with E-state index in [1.54, 1.807) is 22.5 Å². The predicted molar refractivity (Wildman–Crippen MR) is 123 cm³/mol. The molecule has 2 heterocycles. The minimum absolute atomic E-state index is 0.261. The van der Waals surface area contributed by atoms with Gasteiger partial charge in [0.15, 0.2) is 0 Å². The number of allylic oxidation sites excluding steroid dienone is 1. The number of ether oxygens (including phenoxy) is 1. The number of benzene rings is 1. The Morgan fingerprint density at radius 3 is 2.77 bits per heavy atom. The number of carbonyl (C=O) groups excluding carboxylic acids is 1. The smallest absolute Gasteiger partial charge is 0.245 e. The minimum atomic E-state index is -0.405. The Morgan fingerprint density at radius 2 is 2.06 bits per heavy atom.